The van der Waals surface area contributed by atoms with Crippen molar-refractivity contribution in [3.8, 4) is 0 Å². The van der Waals surface area contributed by atoms with Gasteiger partial charge < -0.3 is 25.0 Å². The molecule has 0 unspecified atom stereocenters. The summed E-state index contributed by atoms with van der Waals surface area (Å²) < 4.78 is 8.05. The van der Waals surface area contributed by atoms with E-state index in [-0.39, 0.29) is 42.7 Å². The van der Waals surface area contributed by atoms with Crippen LogP contribution in [-0.2, 0) is 22.7 Å². The Morgan fingerprint density at radius 1 is 1.38 bits per heavy atom. The fourth-order valence-electron chi connectivity index (χ4n) is 4.45. The van der Waals surface area contributed by atoms with Gasteiger partial charge >= 0.3 is 6.03 Å². The van der Waals surface area contributed by atoms with Gasteiger partial charge in [0.15, 0.2) is 0 Å². The molecule has 1 fully saturated rings. The van der Waals surface area contributed by atoms with Crippen molar-refractivity contribution in [3.05, 3.63) is 11.9 Å². The molecule has 1 aromatic heterocycles. The number of aryl methyl sites for hydroxylation is 1. The van der Waals surface area contributed by atoms with Crippen LogP contribution >= 0.6 is 0 Å². The van der Waals surface area contributed by atoms with Gasteiger partial charge in [0.25, 0.3) is 0 Å². The van der Waals surface area contributed by atoms with E-state index in [0.29, 0.717) is 39.1 Å². The molecule has 1 saturated carbocycles. The first kappa shape index (κ1) is 24.4. The second kappa shape index (κ2) is 11.6. The molecule has 0 bridgehead atoms. The molecular weight excluding hydrogens is 412 g/mol. The number of carbonyl (C=O) groups excluding carboxylic acids is 2. The van der Waals surface area contributed by atoms with Gasteiger partial charge in [-0.2, -0.15) is 0 Å². The minimum Gasteiger partial charge on any atom is -0.394 e. The average molecular weight is 451 g/mol. The zero-order valence-electron chi connectivity index (χ0n) is 19.6. The summed E-state index contributed by atoms with van der Waals surface area (Å²) in [6.07, 6.45) is 6.80. The number of amides is 3. The number of aliphatic hydroxyl groups excluding tert-OH is 1. The third kappa shape index (κ3) is 6.41. The van der Waals surface area contributed by atoms with Gasteiger partial charge in [-0.1, -0.05) is 25.0 Å². The van der Waals surface area contributed by atoms with Crippen molar-refractivity contribution in [1.82, 2.24) is 30.1 Å². The molecule has 3 amide bonds. The lowest BCUT2D eigenvalue weighted by Crippen LogP contribution is -2.49. The molecule has 180 valence electrons. The number of aliphatic hydroxyl groups is 1. The van der Waals surface area contributed by atoms with Crippen LogP contribution in [0.5, 0.6) is 0 Å². The molecule has 10 nitrogen and oxygen atoms in total. The Kier molecular flexibility index (Phi) is 8.86. The van der Waals surface area contributed by atoms with Crippen LogP contribution in [0.15, 0.2) is 6.20 Å². The van der Waals surface area contributed by atoms with Crippen molar-refractivity contribution in [2.75, 3.05) is 26.7 Å². The molecule has 2 aliphatic rings. The van der Waals surface area contributed by atoms with E-state index in [1.54, 1.807) is 27.7 Å². The Morgan fingerprint density at radius 3 is 2.84 bits per heavy atom. The number of carbonyl (C=O) groups is 2. The SMILES string of the molecule is C[C@H](CO)N1C[C@H](C)[C@@H](CN(C)C(=O)NC2CCCC2)OCc2cnnn2CCCC1=O. The third-order valence-electron chi connectivity index (χ3n) is 6.62. The molecule has 10 heteroatoms. The smallest absolute Gasteiger partial charge is 0.317 e. The van der Waals surface area contributed by atoms with Gasteiger partial charge in [0.1, 0.15) is 0 Å². The largest absolute Gasteiger partial charge is 0.394 e. The molecule has 3 rings (SSSR count). The number of likely N-dealkylation sites (N-methyl/N-ethyl adjacent to an activating group) is 1. The fourth-order valence-corrected chi connectivity index (χ4v) is 4.45. The van der Waals surface area contributed by atoms with Gasteiger partial charge in [0.05, 0.1) is 37.3 Å². The molecule has 0 radical (unpaired) electrons. The highest BCUT2D eigenvalue weighted by Gasteiger charge is 2.29. The summed E-state index contributed by atoms with van der Waals surface area (Å²) >= 11 is 0. The van der Waals surface area contributed by atoms with Crippen molar-refractivity contribution in [1.29, 1.82) is 0 Å². The van der Waals surface area contributed by atoms with Crippen molar-refractivity contribution in [3.63, 3.8) is 0 Å². The van der Waals surface area contributed by atoms with Crippen LogP contribution < -0.4 is 5.32 Å². The molecule has 1 aromatic rings. The lowest BCUT2D eigenvalue weighted by Gasteiger charge is -2.35. The first-order valence-corrected chi connectivity index (χ1v) is 11.8. The number of aromatic nitrogens is 3. The Balaban J connectivity index is 1.73. The molecule has 0 aromatic carbocycles. The molecular formula is C22H38N6O4. The normalized spacial score (nSPS) is 24.4. The number of fused-ring (bicyclic) bond motifs is 1. The minimum absolute atomic E-state index is 0.00622. The first-order valence-electron chi connectivity index (χ1n) is 11.8. The van der Waals surface area contributed by atoms with Crippen LogP contribution in [0.25, 0.3) is 0 Å². The zero-order valence-corrected chi connectivity index (χ0v) is 19.6. The molecule has 2 N–H and O–H groups in total. The summed E-state index contributed by atoms with van der Waals surface area (Å²) in [5, 5.41) is 20.9. The van der Waals surface area contributed by atoms with Crippen LogP contribution in [0.1, 0.15) is 58.1 Å². The van der Waals surface area contributed by atoms with E-state index < -0.39 is 0 Å². The van der Waals surface area contributed by atoms with E-state index in [1.807, 2.05) is 13.8 Å². The third-order valence-corrected chi connectivity index (χ3v) is 6.62. The molecule has 0 spiro atoms. The predicted molar refractivity (Wildman–Crippen MR) is 119 cm³/mol. The van der Waals surface area contributed by atoms with E-state index in [0.717, 1.165) is 31.4 Å². The van der Waals surface area contributed by atoms with Crippen LogP contribution in [0.3, 0.4) is 0 Å². The molecule has 0 saturated heterocycles. The fraction of sp³-hybridized carbons (Fsp3) is 0.818. The maximum Gasteiger partial charge on any atom is 0.317 e. The second-order valence-electron chi connectivity index (χ2n) is 9.27. The summed E-state index contributed by atoms with van der Waals surface area (Å²) in [5.41, 5.74) is 0.855. The molecule has 32 heavy (non-hydrogen) atoms. The van der Waals surface area contributed by atoms with Gasteiger partial charge in [-0.3, -0.25) is 4.79 Å². The van der Waals surface area contributed by atoms with Crippen LogP contribution in [-0.4, -0.2) is 86.8 Å². The van der Waals surface area contributed by atoms with Crippen molar-refractivity contribution >= 4 is 11.9 Å². The van der Waals surface area contributed by atoms with E-state index in [9.17, 15) is 14.7 Å². The van der Waals surface area contributed by atoms with Crippen LogP contribution in [0, 0.1) is 5.92 Å². The van der Waals surface area contributed by atoms with Crippen molar-refractivity contribution in [2.24, 2.45) is 5.92 Å². The Bertz CT molecular complexity index is 751. The summed E-state index contributed by atoms with van der Waals surface area (Å²) in [6.45, 7) is 5.56. The van der Waals surface area contributed by atoms with Gasteiger partial charge in [-0.05, 0) is 26.2 Å². The maximum atomic E-state index is 12.9. The van der Waals surface area contributed by atoms with E-state index >= 15 is 0 Å². The molecule has 3 atom stereocenters. The summed E-state index contributed by atoms with van der Waals surface area (Å²) in [6, 6.07) is -0.125. The number of rotatable bonds is 5. The number of nitrogens with zero attached hydrogens (tertiary/aromatic N) is 5. The van der Waals surface area contributed by atoms with E-state index in [1.165, 1.54) is 0 Å². The zero-order chi connectivity index (χ0) is 23.1. The standard InChI is InChI=1S/C22H38N6O4/c1-16-12-27(17(2)14-29)21(30)9-6-10-28-19(11-23-25-28)15-32-20(16)13-26(3)22(31)24-18-7-4-5-8-18/h11,16-18,20,29H,4-10,12-15H2,1-3H3,(H,24,31)/t16-,17+,20+/m0/s1. The average Bonchev–Trinajstić information content (AvgIpc) is 3.45. The number of hydrogen-bond acceptors (Lipinski definition) is 6. The number of urea groups is 1. The van der Waals surface area contributed by atoms with Gasteiger partial charge in [-0.15, -0.1) is 5.10 Å². The summed E-state index contributed by atoms with van der Waals surface area (Å²) in [5.74, 6) is -0.0369. The van der Waals surface area contributed by atoms with Crippen LogP contribution in [0.4, 0.5) is 4.79 Å². The highest BCUT2D eigenvalue weighted by Crippen LogP contribution is 2.20. The lowest BCUT2D eigenvalue weighted by atomic mass is 10.0. The van der Waals surface area contributed by atoms with Crippen molar-refractivity contribution < 1.29 is 19.4 Å². The molecule has 2 heterocycles. The number of ether oxygens (including phenoxy) is 1. The van der Waals surface area contributed by atoms with E-state index in [4.69, 9.17) is 4.74 Å². The van der Waals surface area contributed by atoms with E-state index in [2.05, 4.69) is 15.6 Å². The minimum atomic E-state index is -0.293. The number of hydrogen-bond donors (Lipinski definition) is 2. The monoisotopic (exact) mass is 450 g/mol. The molecule has 1 aliphatic carbocycles. The predicted octanol–water partition coefficient (Wildman–Crippen LogP) is 1.39. The topological polar surface area (TPSA) is 113 Å². The Labute approximate surface area is 190 Å². The van der Waals surface area contributed by atoms with Crippen LogP contribution in [0.2, 0.25) is 0 Å². The Hall–Kier alpha value is -2.20. The maximum absolute atomic E-state index is 12.9. The molecule has 1 aliphatic heterocycles. The summed E-state index contributed by atoms with van der Waals surface area (Å²) in [4.78, 5) is 29.0. The quantitative estimate of drug-likeness (QED) is 0.701. The van der Waals surface area contributed by atoms with Gasteiger partial charge in [-0.25, -0.2) is 9.48 Å². The van der Waals surface area contributed by atoms with Crippen molar-refractivity contribution in [2.45, 2.75) is 83.7 Å². The first-order chi connectivity index (χ1) is 15.4. The summed E-state index contributed by atoms with van der Waals surface area (Å²) in [7, 11) is 1.78. The van der Waals surface area contributed by atoms with Gasteiger partial charge in [0, 0.05) is 45.1 Å². The van der Waals surface area contributed by atoms with Gasteiger partial charge in [0.2, 0.25) is 5.91 Å². The second-order valence-corrected chi connectivity index (χ2v) is 9.27. The Morgan fingerprint density at radius 2 is 2.12 bits per heavy atom. The number of nitrogens with one attached hydrogen (secondary N) is 1. The highest BCUT2D eigenvalue weighted by molar-refractivity contribution is 5.76. The lowest BCUT2D eigenvalue weighted by molar-refractivity contribution is -0.136. The highest BCUT2D eigenvalue weighted by atomic mass is 16.5.